The first-order valence-corrected chi connectivity index (χ1v) is 10.9. The summed E-state index contributed by atoms with van der Waals surface area (Å²) in [7, 11) is 0. The van der Waals surface area contributed by atoms with E-state index in [2.05, 4.69) is 16.6 Å². The highest BCUT2D eigenvalue weighted by Crippen LogP contribution is 2.09. The molecular formula is C21H42N2O13. The zero-order valence-electron chi connectivity index (χ0n) is 20.9. The number of carbonyl (C=O) groups is 2. The molecule has 36 heavy (non-hydrogen) atoms. The van der Waals surface area contributed by atoms with Gasteiger partial charge in [-0.15, -0.1) is 0 Å². The van der Waals surface area contributed by atoms with Crippen molar-refractivity contribution in [1.29, 1.82) is 0 Å². The standard InChI is InChI=1S/C15H27NO8.C6H15NO5/c1-8(2)13(21)23-7-10(18)12(20)11(19)9(17)6-16-14(22)24-15(3,4)5;7-1-3(9)5(11)6(12)4(10)2-8/h9-12,17-20H,1,6-7H2,2-5H3,(H,16,22);3-6,8-12H,1-2,7H2. The molecule has 0 aromatic carbocycles. The average molecular weight is 531 g/mol. The lowest BCUT2D eigenvalue weighted by Crippen LogP contribution is -2.50. The zero-order chi connectivity index (χ0) is 28.8. The number of nitrogens with two attached hydrogens (primary N) is 1. The summed E-state index contributed by atoms with van der Waals surface area (Å²) in [5.74, 6) is -0.761. The third kappa shape index (κ3) is 15.2. The minimum atomic E-state index is -1.79. The highest BCUT2D eigenvalue weighted by atomic mass is 16.6. The fourth-order valence-electron chi connectivity index (χ4n) is 2.16. The molecule has 0 rings (SSSR count). The SMILES string of the molecule is C=C(C)C(=O)OCC(O)C(O)C(O)C(O)CNC(=O)OC(C)(C)C.NCC(O)C(O)C(O)C(O)CO. The molecule has 0 aromatic rings. The van der Waals surface area contributed by atoms with E-state index in [1.54, 1.807) is 20.8 Å². The van der Waals surface area contributed by atoms with Crippen LogP contribution < -0.4 is 11.1 Å². The quantitative estimate of drug-likeness (QED) is 0.0790. The fourth-order valence-corrected chi connectivity index (χ4v) is 2.16. The minimum absolute atomic E-state index is 0.110. The third-order valence-corrected chi connectivity index (χ3v) is 4.29. The molecule has 0 aliphatic carbocycles. The van der Waals surface area contributed by atoms with Gasteiger partial charge in [-0.1, -0.05) is 6.58 Å². The Kier molecular flexibility index (Phi) is 17.6. The summed E-state index contributed by atoms with van der Waals surface area (Å²) in [6.45, 7) is 7.82. The number of aliphatic hydroxyl groups excluding tert-OH is 9. The third-order valence-electron chi connectivity index (χ3n) is 4.29. The highest BCUT2D eigenvalue weighted by Gasteiger charge is 2.32. The van der Waals surface area contributed by atoms with Crippen LogP contribution in [-0.4, -0.2) is 139 Å². The van der Waals surface area contributed by atoms with Crippen molar-refractivity contribution in [2.45, 2.75) is 82.1 Å². The van der Waals surface area contributed by atoms with Gasteiger partial charge >= 0.3 is 12.1 Å². The molecule has 8 atom stereocenters. The Hall–Kier alpha value is -1.92. The van der Waals surface area contributed by atoms with Crippen molar-refractivity contribution in [3.8, 4) is 0 Å². The van der Waals surface area contributed by atoms with Gasteiger partial charge in [-0.2, -0.15) is 0 Å². The fraction of sp³-hybridized carbons (Fsp3) is 0.810. The molecule has 0 aliphatic heterocycles. The smallest absolute Gasteiger partial charge is 0.407 e. The first-order valence-electron chi connectivity index (χ1n) is 10.9. The van der Waals surface area contributed by atoms with Gasteiger partial charge in [-0.25, -0.2) is 9.59 Å². The van der Waals surface area contributed by atoms with Gasteiger partial charge in [0.1, 0.15) is 48.8 Å². The van der Waals surface area contributed by atoms with E-state index in [9.17, 15) is 30.0 Å². The molecule has 0 heterocycles. The number of carbonyl (C=O) groups excluding carboxylic acids is 2. The maximum Gasteiger partial charge on any atom is 0.407 e. The van der Waals surface area contributed by atoms with Gasteiger partial charge in [0, 0.05) is 18.7 Å². The lowest BCUT2D eigenvalue weighted by molar-refractivity contribution is -0.150. The minimum Gasteiger partial charge on any atom is -0.459 e. The second-order valence-corrected chi connectivity index (χ2v) is 8.91. The number of alkyl carbamates (subject to hydrolysis) is 1. The second kappa shape index (κ2) is 17.5. The molecule has 0 saturated carbocycles. The van der Waals surface area contributed by atoms with Gasteiger partial charge in [0.2, 0.25) is 0 Å². The van der Waals surface area contributed by atoms with E-state index in [4.69, 9.17) is 36.0 Å². The molecule has 0 aliphatic rings. The van der Waals surface area contributed by atoms with Crippen molar-refractivity contribution >= 4 is 12.1 Å². The number of ether oxygens (including phenoxy) is 2. The van der Waals surface area contributed by atoms with Crippen LogP contribution >= 0.6 is 0 Å². The van der Waals surface area contributed by atoms with E-state index in [-0.39, 0.29) is 12.1 Å². The predicted molar refractivity (Wildman–Crippen MR) is 124 cm³/mol. The molecule has 8 unspecified atom stereocenters. The van der Waals surface area contributed by atoms with Gasteiger partial charge in [-0.05, 0) is 27.7 Å². The van der Waals surface area contributed by atoms with Crippen molar-refractivity contribution in [2.75, 3.05) is 26.3 Å². The monoisotopic (exact) mass is 530 g/mol. The molecule has 0 radical (unpaired) electrons. The molecule has 0 fully saturated rings. The maximum absolute atomic E-state index is 11.4. The van der Waals surface area contributed by atoms with Crippen LogP contribution in [0.5, 0.6) is 0 Å². The Bertz CT molecular complexity index is 644. The first kappa shape index (κ1) is 36.2. The Morgan fingerprint density at radius 3 is 1.72 bits per heavy atom. The van der Waals surface area contributed by atoms with E-state index in [1.807, 2.05) is 0 Å². The number of hydrogen-bond acceptors (Lipinski definition) is 14. The van der Waals surface area contributed by atoms with Gasteiger partial charge in [0.15, 0.2) is 0 Å². The Morgan fingerprint density at radius 1 is 0.861 bits per heavy atom. The Balaban J connectivity index is 0. The van der Waals surface area contributed by atoms with Crippen LogP contribution in [0.15, 0.2) is 12.2 Å². The lowest BCUT2D eigenvalue weighted by atomic mass is 10.0. The van der Waals surface area contributed by atoms with Crippen LogP contribution in [0.1, 0.15) is 27.7 Å². The topological polar surface area (TPSA) is 273 Å². The molecule has 0 aromatic heterocycles. The van der Waals surface area contributed by atoms with Crippen LogP contribution in [-0.2, 0) is 14.3 Å². The van der Waals surface area contributed by atoms with Gasteiger partial charge in [-0.3, -0.25) is 0 Å². The summed E-state index contributed by atoms with van der Waals surface area (Å²) in [5, 5.41) is 85.3. The molecule has 15 heteroatoms. The predicted octanol–water partition coefficient (Wildman–Crippen LogP) is -4.54. The zero-order valence-corrected chi connectivity index (χ0v) is 20.9. The largest absolute Gasteiger partial charge is 0.459 e. The number of amides is 1. The molecular weight excluding hydrogens is 488 g/mol. The molecule has 1 amide bonds. The normalized spacial score (nSPS) is 18.2. The molecule has 12 N–H and O–H groups in total. The summed E-state index contributed by atoms with van der Waals surface area (Å²) < 4.78 is 9.58. The molecule has 0 spiro atoms. The van der Waals surface area contributed by atoms with E-state index < -0.39 is 86.3 Å². The van der Waals surface area contributed by atoms with Gasteiger partial charge in [0.05, 0.1) is 18.8 Å². The van der Waals surface area contributed by atoms with Crippen LogP contribution in [0.4, 0.5) is 4.79 Å². The molecule has 0 bridgehead atoms. The van der Waals surface area contributed by atoms with Crippen molar-refractivity contribution in [3.05, 3.63) is 12.2 Å². The summed E-state index contributed by atoms with van der Waals surface area (Å²) in [5.41, 5.74) is 4.37. The van der Waals surface area contributed by atoms with E-state index in [0.717, 1.165) is 0 Å². The van der Waals surface area contributed by atoms with Gasteiger partial charge < -0.3 is 66.5 Å². The Labute approximate surface area is 209 Å². The number of esters is 1. The van der Waals surface area contributed by atoms with Crippen molar-refractivity contribution < 1.29 is 65.0 Å². The first-order chi connectivity index (χ1) is 16.4. The molecule has 15 nitrogen and oxygen atoms in total. The van der Waals surface area contributed by atoms with Crippen LogP contribution in [0, 0.1) is 0 Å². The van der Waals surface area contributed by atoms with E-state index >= 15 is 0 Å². The van der Waals surface area contributed by atoms with Crippen LogP contribution in [0.3, 0.4) is 0 Å². The number of aliphatic hydroxyl groups is 9. The summed E-state index contributed by atoms with van der Waals surface area (Å²) in [6, 6.07) is 0. The number of nitrogens with one attached hydrogen (secondary N) is 1. The average Bonchev–Trinajstić information content (AvgIpc) is 2.81. The van der Waals surface area contributed by atoms with E-state index in [1.165, 1.54) is 6.92 Å². The van der Waals surface area contributed by atoms with Crippen molar-refractivity contribution in [2.24, 2.45) is 5.73 Å². The highest BCUT2D eigenvalue weighted by molar-refractivity contribution is 5.86. The van der Waals surface area contributed by atoms with Crippen molar-refractivity contribution in [1.82, 2.24) is 5.32 Å². The Morgan fingerprint density at radius 2 is 1.31 bits per heavy atom. The van der Waals surface area contributed by atoms with Crippen molar-refractivity contribution in [3.63, 3.8) is 0 Å². The maximum atomic E-state index is 11.4. The summed E-state index contributed by atoms with van der Waals surface area (Å²) in [4.78, 5) is 22.6. The summed E-state index contributed by atoms with van der Waals surface area (Å²) >= 11 is 0. The summed E-state index contributed by atoms with van der Waals surface area (Å²) in [6.07, 6.45) is -13.5. The lowest BCUT2D eigenvalue weighted by Gasteiger charge is -2.27. The van der Waals surface area contributed by atoms with Crippen LogP contribution in [0.25, 0.3) is 0 Å². The molecule has 0 saturated heterocycles. The number of hydrogen-bond donors (Lipinski definition) is 11. The van der Waals surface area contributed by atoms with E-state index in [0.29, 0.717) is 0 Å². The number of rotatable bonds is 13. The van der Waals surface area contributed by atoms with Crippen LogP contribution in [0.2, 0.25) is 0 Å². The second-order valence-electron chi connectivity index (χ2n) is 8.91. The van der Waals surface area contributed by atoms with Gasteiger partial charge in [0.25, 0.3) is 0 Å². The molecule has 214 valence electrons.